The molecule has 1 aromatic carbocycles. The first-order valence-electron chi connectivity index (χ1n) is 8.10. The van der Waals surface area contributed by atoms with Gasteiger partial charge in [0.15, 0.2) is 0 Å². The first-order valence-corrected chi connectivity index (χ1v) is 8.10. The van der Waals surface area contributed by atoms with Gasteiger partial charge in [0.2, 0.25) is 0 Å². The molecule has 2 aliphatic rings. The highest BCUT2D eigenvalue weighted by Gasteiger charge is 2.18. The van der Waals surface area contributed by atoms with Gasteiger partial charge in [-0.3, -0.25) is 9.80 Å². The lowest BCUT2D eigenvalue weighted by molar-refractivity contribution is 0.0359. The van der Waals surface area contributed by atoms with E-state index >= 15 is 0 Å². The largest absolute Gasteiger partial charge is 0.478 e. The van der Waals surface area contributed by atoms with Gasteiger partial charge in [0, 0.05) is 26.2 Å². The van der Waals surface area contributed by atoms with Crippen molar-refractivity contribution in [2.45, 2.75) is 19.4 Å². The molecular formula is C17H24N2O3. The number of hydrogen-bond donors (Lipinski definition) is 1. The molecule has 0 amide bonds. The highest BCUT2D eigenvalue weighted by atomic mass is 16.5. The van der Waals surface area contributed by atoms with Crippen LogP contribution in [0.25, 0.3) is 0 Å². The summed E-state index contributed by atoms with van der Waals surface area (Å²) in [4.78, 5) is 16.0. The lowest BCUT2D eigenvalue weighted by Crippen LogP contribution is -2.38. The molecule has 0 spiro atoms. The average molecular weight is 304 g/mol. The number of nitrogens with zero attached hydrogens (tertiary/aromatic N) is 2. The lowest BCUT2D eigenvalue weighted by Gasteiger charge is -2.31. The monoisotopic (exact) mass is 304 g/mol. The van der Waals surface area contributed by atoms with Crippen molar-refractivity contribution in [3.8, 4) is 0 Å². The standard InChI is InChI=1S/C17H24N2O3/c20-17(21)15-2-3-16-13-19(7-4-14(16)12-15)6-1-5-18-8-10-22-11-9-18/h2-3,12H,1,4-11,13H2,(H,20,21). The predicted octanol–water partition coefficient (Wildman–Crippen LogP) is 1.47. The van der Waals surface area contributed by atoms with Gasteiger partial charge < -0.3 is 9.84 Å². The van der Waals surface area contributed by atoms with Crippen LogP contribution in [0.2, 0.25) is 0 Å². The number of ether oxygens (including phenoxy) is 1. The summed E-state index contributed by atoms with van der Waals surface area (Å²) in [5.74, 6) is -0.837. The van der Waals surface area contributed by atoms with Gasteiger partial charge in [-0.15, -0.1) is 0 Å². The third-order valence-electron chi connectivity index (χ3n) is 4.60. The molecule has 0 saturated carbocycles. The Morgan fingerprint density at radius 1 is 1.09 bits per heavy atom. The minimum Gasteiger partial charge on any atom is -0.478 e. The van der Waals surface area contributed by atoms with Crippen LogP contribution in [-0.2, 0) is 17.7 Å². The van der Waals surface area contributed by atoms with Crippen LogP contribution in [0.3, 0.4) is 0 Å². The van der Waals surface area contributed by atoms with Crippen LogP contribution in [-0.4, -0.2) is 66.8 Å². The molecule has 2 aliphatic heterocycles. The fourth-order valence-electron chi connectivity index (χ4n) is 3.28. The van der Waals surface area contributed by atoms with E-state index in [-0.39, 0.29) is 0 Å². The van der Waals surface area contributed by atoms with Crippen molar-refractivity contribution in [1.29, 1.82) is 0 Å². The molecule has 22 heavy (non-hydrogen) atoms. The number of rotatable bonds is 5. The first-order chi connectivity index (χ1) is 10.7. The Morgan fingerprint density at radius 2 is 1.86 bits per heavy atom. The highest BCUT2D eigenvalue weighted by molar-refractivity contribution is 5.87. The Labute approximate surface area is 131 Å². The Hall–Kier alpha value is -1.43. The number of carbonyl (C=O) groups is 1. The van der Waals surface area contributed by atoms with Crippen LogP contribution >= 0.6 is 0 Å². The molecule has 1 saturated heterocycles. The number of hydrogen-bond acceptors (Lipinski definition) is 4. The molecule has 1 aromatic rings. The quantitative estimate of drug-likeness (QED) is 0.892. The van der Waals surface area contributed by atoms with Crippen LogP contribution in [0.15, 0.2) is 18.2 Å². The van der Waals surface area contributed by atoms with E-state index in [1.165, 1.54) is 17.5 Å². The number of carboxylic acid groups (broad SMARTS) is 1. The Morgan fingerprint density at radius 3 is 2.64 bits per heavy atom. The molecule has 0 aromatic heterocycles. The Balaban J connectivity index is 1.48. The zero-order chi connectivity index (χ0) is 15.4. The molecule has 5 heteroatoms. The molecule has 0 bridgehead atoms. The summed E-state index contributed by atoms with van der Waals surface area (Å²) in [5.41, 5.74) is 2.88. The second-order valence-electron chi connectivity index (χ2n) is 6.12. The first kappa shape index (κ1) is 15.5. The van der Waals surface area contributed by atoms with Crippen molar-refractivity contribution in [2.24, 2.45) is 0 Å². The second-order valence-corrected chi connectivity index (χ2v) is 6.12. The molecule has 0 atom stereocenters. The van der Waals surface area contributed by atoms with Crippen LogP contribution in [0.4, 0.5) is 0 Å². The average Bonchev–Trinajstić information content (AvgIpc) is 2.55. The second kappa shape index (κ2) is 7.22. The van der Waals surface area contributed by atoms with Crippen molar-refractivity contribution < 1.29 is 14.6 Å². The van der Waals surface area contributed by atoms with Crippen molar-refractivity contribution in [3.63, 3.8) is 0 Å². The number of fused-ring (bicyclic) bond motifs is 1. The normalized spacial score (nSPS) is 19.8. The Bertz CT molecular complexity index is 527. The van der Waals surface area contributed by atoms with Crippen molar-refractivity contribution in [3.05, 3.63) is 34.9 Å². The molecular weight excluding hydrogens is 280 g/mol. The highest BCUT2D eigenvalue weighted by Crippen LogP contribution is 2.20. The molecule has 120 valence electrons. The minimum atomic E-state index is -0.837. The van der Waals surface area contributed by atoms with Crippen molar-refractivity contribution >= 4 is 5.97 Å². The topological polar surface area (TPSA) is 53.0 Å². The molecule has 5 nitrogen and oxygen atoms in total. The van der Waals surface area contributed by atoms with Crippen LogP contribution in [0.1, 0.15) is 27.9 Å². The SMILES string of the molecule is O=C(O)c1ccc2c(c1)CCN(CCCN1CCOCC1)C2. The smallest absolute Gasteiger partial charge is 0.335 e. The maximum Gasteiger partial charge on any atom is 0.335 e. The Kier molecular flexibility index (Phi) is 5.08. The molecule has 0 aliphatic carbocycles. The summed E-state index contributed by atoms with van der Waals surface area (Å²) in [6, 6.07) is 5.54. The maximum absolute atomic E-state index is 11.0. The number of morpholine rings is 1. The summed E-state index contributed by atoms with van der Waals surface area (Å²) >= 11 is 0. The molecule has 0 radical (unpaired) electrons. The van der Waals surface area contributed by atoms with Gasteiger partial charge in [0.1, 0.15) is 0 Å². The fraction of sp³-hybridized carbons (Fsp3) is 0.588. The van der Waals surface area contributed by atoms with E-state index < -0.39 is 5.97 Å². The van der Waals surface area contributed by atoms with Crippen LogP contribution < -0.4 is 0 Å². The molecule has 1 fully saturated rings. The van der Waals surface area contributed by atoms with Gasteiger partial charge in [-0.25, -0.2) is 4.79 Å². The van der Waals surface area contributed by atoms with Gasteiger partial charge in [-0.05, 0) is 49.2 Å². The van der Waals surface area contributed by atoms with E-state index in [4.69, 9.17) is 9.84 Å². The summed E-state index contributed by atoms with van der Waals surface area (Å²) in [6.07, 6.45) is 2.14. The maximum atomic E-state index is 11.0. The van der Waals surface area contributed by atoms with Gasteiger partial charge in [0.05, 0.1) is 18.8 Å². The van der Waals surface area contributed by atoms with Gasteiger partial charge in [0.25, 0.3) is 0 Å². The summed E-state index contributed by atoms with van der Waals surface area (Å²) in [7, 11) is 0. The van der Waals surface area contributed by atoms with Crippen molar-refractivity contribution in [2.75, 3.05) is 45.9 Å². The van der Waals surface area contributed by atoms with Crippen molar-refractivity contribution in [1.82, 2.24) is 9.80 Å². The molecule has 2 heterocycles. The third-order valence-corrected chi connectivity index (χ3v) is 4.60. The molecule has 0 unspecified atom stereocenters. The van der Waals surface area contributed by atoms with Crippen LogP contribution in [0, 0.1) is 0 Å². The number of aromatic carboxylic acids is 1. The third kappa shape index (κ3) is 3.85. The summed E-state index contributed by atoms with van der Waals surface area (Å²) in [5, 5.41) is 9.05. The minimum absolute atomic E-state index is 0.402. The van der Waals surface area contributed by atoms with E-state index in [9.17, 15) is 4.79 Å². The number of carboxylic acids is 1. The summed E-state index contributed by atoms with van der Waals surface area (Å²) in [6.45, 7) is 8.06. The molecule has 3 rings (SSSR count). The predicted molar refractivity (Wildman–Crippen MR) is 84.3 cm³/mol. The van der Waals surface area contributed by atoms with Gasteiger partial charge >= 0.3 is 5.97 Å². The lowest BCUT2D eigenvalue weighted by atomic mass is 9.97. The van der Waals surface area contributed by atoms with Gasteiger partial charge in [-0.1, -0.05) is 6.07 Å². The van der Waals surface area contributed by atoms with E-state index in [2.05, 4.69) is 9.80 Å². The van der Waals surface area contributed by atoms with E-state index in [1.807, 2.05) is 12.1 Å². The van der Waals surface area contributed by atoms with Gasteiger partial charge in [-0.2, -0.15) is 0 Å². The van der Waals surface area contributed by atoms with E-state index in [0.717, 1.165) is 58.9 Å². The molecule has 1 N–H and O–H groups in total. The van der Waals surface area contributed by atoms with E-state index in [1.54, 1.807) is 6.07 Å². The number of benzene rings is 1. The summed E-state index contributed by atoms with van der Waals surface area (Å²) < 4.78 is 5.37. The fourth-order valence-corrected chi connectivity index (χ4v) is 3.28. The zero-order valence-corrected chi connectivity index (χ0v) is 13.0. The van der Waals surface area contributed by atoms with Crippen LogP contribution in [0.5, 0.6) is 0 Å². The zero-order valence-electron chi connectivity index (χ0n) is 13.0. The van der Waals surface area contributed by atoms with E-state index in [0.29, 0.717) is 5.56 Å².